The van der Waals surface area contributed by atoms with Gasteiger partial charge in [-0.2, -0.15) is 5.10 Å². The van der Waals surface area contributed by atoms with Gasteiger partial charge >= 0.3 is 0 Å². The van der Waals surface area contributed by atoms with E-state index in [9.17, 15) is 13.2 Å². The molecule has 0 spiro atoms. The summed E-state index contributed by atoms with van der Waals surface area (Å²) in [5, 5.41) is 14.9. The predicted molar refractivity (Wildman–Crippen MR) is 88.3 cm³/mol. The Morgan fingerprint density at radius 1 is 1.42 bits per heavy atom. The minimum Gasteiger partial charge on any atom is -0.496 e. The molecule has 0 aliphatic heterocycles. The van der Waals surface area contributed by atoms with Crippen molar-refractivity contribution in [1.29, 1.82) is 0 Å². The molecular formula is C15H20N4O4S. The number of sulfonamides is 1. The molecule has 130 valence electrons. The summed E-state index contributed by atoms with van der Waals surface area (Å²) >= 11 is 0. The zero-order valence-electron chi connectivity index (χ0n) is 13.7. The van der Waals surface area contributed by atoms with Gasteiger partial charge in [-0.3, -0.25) is 9.89 Å². The molecule has 24 heavy (non-hydrogen) atoms. The number of aromatic nitrogens is 2. The van der Waals surface area contributed by atoms with Gasteiger partial charge in [0.05, 0.1) is 23.3 Å². The largest absolute Gasteiger partial charge is 0.496 e. The molecule has 0 saturated heterocycles. The number of ether oxygens (including phenoxy) is 1. The summed E-state index contributed by atoms with van der Waals surface area (Å²) in [7, 11) is -2.51. The van der Waals surface area contributed by atoms with E-state index in [1.807, 2.05) is 19.9 Å². The quantitative estimate of drug-likeness (QED) is 0.706. The van der Waals surface area contributed by atoms with Gasteiger partial charge in [0.2, 0.25) is 10.0 Å². The second-order valence-corrected chi connectivity index (χ2v) is 7.09. The third-order valence-electron chi connectivity index (χ3n) is 3.40. The minimum absolute atomic E-state index is 0.106. The molecule has 1 aromatic carbocycles. The van der Waals surface area contributed by atoms with E-state index in [0.717, 1.165) is 11.4 Å². The molecule has 0 aliphatic rings. The number of nitrogens with two attached hydrogens (primary N) is 1. The van der Waals surface area contributed by atoms with E-state index in [4.69, 9.17) is 9.88 Å². The normalized spacial score (nSPS) is 12.7. The van der Waals surface area contributed by atoms with Gasteiger partial charge in [-0.1, -0.05) is 0 Å². The summed E-state index contributed by atoms with van der Waals surface area (Å²) < 4.78 is 28.1. The van der Waals surface area contributed by atoms with Crippen LogP contribution < -0.4 is 15.2 Å². The zero-order valence-corrected chi connectivity index (χ0v) is 14.5. The summed E-state index contributed by atoms with van der Waals surface area (Å²) in [6.07, 6.45) is 0.535. The van der Waals surface area contributed by atoms with Gasteiger partial charge in [-0.05, 0) is 38.1 Å². The molecule has 0 fully saturated rings. The molecule has 4 N–H and O–H groups in total. The zero-order chi connectivity index (χ0) is 17.9. The number of primary sulfonamides is 1. The fourth-order valence-corrected chi connectivity index (χ4v) is 2.83. The number of carbonyl (C=O) groups excluding carboxylic acids is 1. The summed E-state index contributed by atoms with van der Waals surface area (Å²) in [6.45, 7) is 3.72. The van der Waals surface area contributed by atoms with Crippen LogP contribution in [0.4, 0.5) is 0 Å². The Balaban J connectivity index is 2.18. The SMILES string of the molecule is COc1ccc(S(N)(=O)=O)cc1C(=O)N[C@@H](C)Cc1cc(C)[nH]n1. The maximum atomic E-state index is 12.5. The highest BCUT2D eigenvalue weighted by atomic mass is 32.2. The van der Waals surface area contributed by atoms with Gasteiger partial charge in [-0.15, -0.1) is 0 Å². The monoisotopic (exact) mass is 352 g/mol. The topological polar surface area (TPSA) is 127 Å². The lowest BCUT2D eigenvalue weighted by Crippen LogP contribution is -2.34. The van der Waals surface area contributed by atoms with E-state index >= 15 is 0 Å². The molecule has 0 aliphatic carbocycles. The van der Waals surface area contributed by atoms with Gasteiger partial charge in [-0.25, -0.2) is 13.6 Å². The molecule has 1 aromatic heterocycles. The Labute approximate surface area is 140 Å². The summed E-state index contributed by atoms with van der Waals surface area (Å²) in [6, 6.07) is 5.58. The maximum Gasteiger partial charge on any atom is 0.255 e. The van der Waals surface area contributed by atoms with Gasteiger partial charge in [0, 0.05) is 18.2 Å². The van der Waals surface area contributed by atoms with Crippen molar-refractivity contribution in [2.75, 3.05) is 7.11 Å². The lowest BCUT2D eigenvalue weighted by Gasteiger charge is -2.15. The standard InChI is InChI=1S/C15H20N4O4S/c1-9(6-11-7-10(2)18-19-11)17-15(20)13-8-12(24(16,21)22)4-5-14(13)23-3/h4-5,7-9H,6H2,1-3H3,(H,17,20)(H,18,19)(H2,16,21,22)/t9-/m0/s1. The number of amides is 1. The number of methoxy groups -OCH3 is 1. The number of nitrogens with one attached hydrogen (secondary N) is 2. The number of H-pyrrole nitrogens is 1. The first kappa shape index (κ1) is 18.0. The van der Waals surface area contributed by atoms with Crippen LogP contribution in [-0.2, 0) is 16.4 Å². The fourth-order valence-electron chi connectivity index (χ4n) is 2.29. The van der Waals surface area contributed by atoms with E-state index in [1.54, 1.807) is 0 Å². The molecule has 0 unspecified atom stereocenters. The van der Waals surface area contributed by atoms with E-state index < -0.39 is 15.9 Å². The van der Waals surface area contributed by atoms with E-state index in [1.165, 1.54) is 25.3 Å². The number of nitrogens with zero attached hydrogens (tertiary/aromatic N) is 1. The smallest absolute Gasteiger partial charge is 0.255 e. The van der Waals surface area contributed by atoms with Crippen LogP contribution in [0, 0.1) is 6.92 Å². The number of hydrogen-bond donors (Lipinski definition) is 3. The summed E-state index contributed by atoms with van der Waals surface area (Å²) in [5.74, 6) is -0.181. The van der Waals surface area contributed by atoms with Crippen molar-refractivity contribution in [2.24, 2.45) is 5.14 Å². The second-order valence-electron chi connectivity index (χ2n) is 5.53. The van der Waals surface area contributed by atoms with E-state index in [0.29, 0.717) is 6.42 Å². The third-order valence-corrected chi connectivity index (χ3v) is 4.31. The van der Waals surface area contributed by atoms with Gasteiger partial charge < -0.3 is 10.1 Å². The van der Waals surface area contributed by atoms with Crippen molar-refractivity contribution in [2.45, 2.75) is 31.2 Å². The van der Waals surface area contributed by atoms with Crippen molar-refractivity contribution < 1.29 is 17.9 Å². The maximum absolute atomic E-state index is 12.5. The van der Waals surface area contributed by atoms with Crippen LogP contribution in [0.5, 0.6) is 5.75 Å². The van der Waals surface area contributed by atoms with Crippen molar-refractivity contribution in [3.05, 3.63) is 41.2 Å². The molecule has 0 saturated carbocycles. The number of aryl methyl sites for hydroxylation is 1. The van der Waals surface area contributed by atoms with Crippen LogP contribution in [0.2, 0.25) is 0 Å². The van der Waals surface area contributed by atoms with Crippen molar-refractivity contribution >= 4 is 15.9 Å². The van der Waals surface area contributed by atoms with Crippen molar-refractivity contribution in [3.63, 3.8) is 0 Å². The minimum atomic E-state index is -3.91. The molecule has 2 rings (SSSR count). The average molecular weight is 352 g/mol. The van der Waals surface area contributed by atoms with Gasteiger partial charge in [0.25, 0.3) is 5.91 Å². The number of aromatic amines is 1. The van der Waals surface area contributed by atoms with Crippen LogP contribution in [-0.4, -0.2) is 37.7 Å². The third kappa shape index (κ3) is 4.33. The van der Waals surface area contributed by atoms with Crippen LogP contribution >= 0.6 is 0 Å². The Hall–Kier alpha value is -2.39. The molecule has 1 amide bonds. The van der Waals surface area contributed by atoms with Crippen LogP contribution in [0.1, 0.15) is 28.7 Å². The molecule has 1 atom stereocenters. The fraction of sp³-hybridized carbons (Fsp3) is 0.333. The number of rotatable bonds is 6. The molecule has 8 nitrogen and oxygen atoms in total. The van der Waals surface area contributed by atoms with Crippen LogP contribution in [0.3, 0.4) is 0 Å². The first-order chi connectivity index (χ1) is 11.2. The van der Waals surface area contributed by atoms with Crippen LogP contribution in [0.25, 0.3) is 0 Å². The molecule has 9 heteroatoms. The Morgan fingerprint density at radius 3 is 2.67 bits per heavy atom. The summed E-state index contributed by atoms with van der Waals surface area (Å²) in [4.78, 5) is 12.3. The van der Waals surface area contributed by atoms with E-state index in [2.05, 4.69) is 15.5 Å². The predicted octanol–water partition coefficient (Wildman–Crippen LogP) is 0.735. The number of hydrogen-bond acceptors (Lipinski definition) is 5. The Morgan fingerprint density at radius 2 is 2.12 bits per heavy atom. The average Bonchev–Trinajstić information content (AvgIpc) is 2.90. The first-order valence-electron chi connectivity index (χ1n) is 7.23. The molecule has 0 bridgehead atoms. The first-order valence-corrected chi connectivity index (χ1v) is 8.78. The number of carbonyl (C=O) groups is 1. The second kappa shape index (κ2) is 7.02. The van der Waals surface area contributed by atoms with Crippen molar-refractivity contribution in [1.82, 2.24) is 15.5 Å². The van der Waals surface area contributed by atoms with Crippen molar-refractivity contribution in [3.8, 4) is 5.75 Å². The highest BCUT2D eigenvalue weighted by Crippen LogP contribution is 2.22. The molecule has 0 radical (unpaired) electrons. The molecular weight excluding hydrogens is 332 g/mol. The van der Waals surface area contributed by atoms with Gasteiger partial charge in [0.1, 0.15) is 5.75 Å². The Bertz CT molecular complexity index is 845. The lowest BCUT2D eigenvalue weighted by atomic mass is 10.1. The molecule has 2 aromatic rings. The lowest BCUT2D eigenvalue weighted by molar-refractivity contribution is 0.0936. The summed E-state index contributed by atoms with van der Waals surface area (Å²) in [5.41, 5.74) is 1.87. The number of benzene rings is 1. The van der Waals surface area contributed by atoms with Gasteiger partial charge in [0.15, 0.2) is 0 Å². The van der Waals surface area contributed by atoms with E-state index in [-0.39, 0.29) is 22.3 Å². The molecule has 1 heterocycles. The highest BCUT2D eigenvalue weighted by Gasteiger charge is 2.19. The van der Waals surface area contributed by atoms with Crippen LogP contribution in [0.15, 0.2) is 29.2 Å². The Kier molecular flexibility index (Phi) is 5.25. The highest BCUT2D eigenvalue weighted by molar-refractivity contribution is 7.89.